The second-order valence-electron chi connectivity index (χ2n) is 7.65. The molecule has 1 unspecified atom stereocenters. The van der Waals surface area contributed by atoms with E-state index in [1.165, 1.54) is 0 Å². The highest BCUT2D eigenvalue weighted by Gasteiger charge is 2.20. The smallest absolute Gasteiger partial charge is 0.308 e. The van der Waals surface area contributed by atoms with Gasteiger partial charge in [0.15, 0.2) is 0 Å². The van der Waals surface area contributed by atoms with Crippen LogP contribution < -0.4 is 0 Å². The van der Waals surface area contributed by atoms with Crippen molar-refractivity contribution in [3.05, 3.63) is 29.8 Å². The molecule has 0 saturated carbocycles. The number of hydrogen-bond acceptors (Lipinski definition) is 5. The highest BCUT2D eigenvalue weighted by atomic mass is 32.2. The quantitative estimate of drug-likeness (QED) is 0.340. The number of rotatable bonds is 10. The molecular formula is C20H32O5S. The summed E-state index contributed by atoms with van der Waals surface area (Å²) in [5.74, 6) is 0.816. The van der Waals surface area contributed by atoms with Crippen LogP contribution in [0.3, 0.4) is 0 Å². The summed E-state index contributed by atoms with van der Waals surface area (Å²) in [4.78, 5) is 11.5. The van der Waals surface area contributed by atoms with Crippen molar-refractivity contribution in [2.24, 2.45) is 17.8 Å². The highest BCUT2D eigenvalue weighted by Crippen LogP contribution is 2.31. The van der Waals surface area contributed by atoms with Crippen molar-refractivity contribution in [2.75, 3.05) is 13.2 Å². The third kappa shape index (κ3) is 7.08. The van der Waals surface area contributed by atoms with E-state index >= 15 is 0 Å². The van der Waals surface area contributed by atoms with Gasteiger partial charge >= 0.3 is 5.97 Å². The van der Waals surface area contributed by atoms with Gasteiger partial charge in [0.25, 0.3) is 10.1 Å². The number of benzene rings is 1. The van der Waals surface area contributed by atoms with E-state index in [0.717, 1.165) is 12.0 Å². The fraction of sp³-hybridized carbons (Fsp3) is 0.650. The summed E-state index contributed by atoms with van der Waals surface area (Å²) in [5, 5.41) is 0. The summed E-state index contributed by atoms with van der Waals surface area (Å²) in [6, 6.07) is 6.89. The molecule has 1 atom stereocenters. The molecule has 0 aliphatic rings. The number of hydrogen-bond donors (Lipinski definition) is 0. The van der Waals surface area contributed by atoms with Crippen molar-refractivity contribution < 1.29 is 22.1 Å². The number of ether oxygens (including phenoxy) is 1. The first-order valence-electron chi connectivity index (χ1n) is 9.20. The normalized spacial score (nSPS) is 13.4. The van der Waals surface area contributed by atoms with Crippen LogP contribution in [0.15, 0.2) is 29.2 Å². The topological polar surface area (TPSA) is 69.7 Å². The Morgan fingerprint density at radius 2 is 1.54 bits per heavy atom. The Hall–Kier alpha value is -1.40. The van der Waals surface area contributed by atoms with Gasteiger partial charge in [0.2, 0.25) is 0 Å². The van der Waals surface area contributed by atoms with Gasteiger partial charge in [-0.1, -0.05) is 53.7 Å². The van der Waals surface area contributed by atoms with Gasteiger partial charge < -0.3 is 4.74 Å². The molecule has 148 valence electrons. The monoisotopic (exact) mass is 384 g/mol. The summed E-state index contributed by atoms with van der Waals surface area (Å²) in [6.07, 6.45) is 1.06. The van der Waals surface area contributed by atoms with Crippen LogP contribution in [0, 0.1) is 17.8 Å². The average Bonchev–Trinajstić information content (AvgIpc) is 2.56. The highest BCUT2D eigenvalue weighted by molar-refractivity contribution is 7.86. The zero-order valence-corrected chi connectivity index (χ0v) is 17.5. The van der Waals surface area contributed by atoms with Crippen LogP contribution in [0.2, 0.25) is 0 Å². The lowest BCUT2D eigenvalue weighted by Gasteiger charge is -2.23. The molecule has 1 rings (SSSR count). The van der Waals surface area contributed by atoms with E-state index in [4.69, 9.17) is 8.92 Å². The summed E-state index contributed by atoms with van der Waals surface area (Å²) >= 11 is 0. The average molecular weight is 385 g/mol. The minimum absolute atomic E-state index is 0.0852. The van der Waals surface area contributed by atoms with Crippen LogP contribution in [0.25, 0.3) is 0 Å². The molecule has 0 aromatic heterocycles. The lowest BCUT2D eigenvalue weighted by Crippen LogP contribution is -2.17. The lowest BCUT2D eigenvalue weighted by atomic mass is 9.82. The van der Waals surface area contributed by atoms with Gasteiger partial charge in [-0.25, -0.2) is 0 Å². The maximum absolute atomic E-state index is 12.2. The third-order valence-corrected chi connectivity index (χ3v) is 5.49. The molecule has 5 nitrogen and oxygen atoms in total. The summed E-state index contributed by atoms with van der Waals surface area (Å²) < 4.78 is 34.4. The van der Waals surface area contributed by atoms with Crippen molar-refractivity contribution in [3.63, 3.8) is 0 Å². The predicted molar refractivity (Wildman–Crippen MR) is 102 cm³/mol. The van der Waals surface area contributed by atoms with E-state index in [-0.39, 0.29) is 30.0 Å². The van der Waals surface area contributed by atoms with Crippen molar-refractivity contribution in [2.45, 2.75) is 58.8 Å². The maximum atomic E-state index is 12.2. The summed E-state index contributed by atoms with van der Waals surface area (Å²) in [6.45, 7) is 11.9. The Labute approximate surface area is 158 Å². The fourth-order valence-corrected chi connectivity index (χ4v) is 3.60. The number of carbonyl (C=O) groups excluding carboxylic acids is 1. The largest absolute Gasteiger partial charge is 0.463 e. The standard InChI is InChI=1S/C20H32O5S/c1-14(2)13-19(15(3)4)17-7-9-18(10-8-17)26(22,23)25-12-11-24-20(21)16(5)6/h7-10,14-16,19H,11-13H2,1-6H3. The molecule has 1 aromatic carbocycles. The minimum atomic E-state index is -3.86. The molecule has 0 amide bonds. The van der Waals surface area contributed by atoms with Crippen LogP contribution in [0.4, 0.5) is 0 Å². The third-order valence-electron chi connectivity index (χ3n) is 4.16. The van der Waals surface area contributed by atoms with Crippen molar-refractivity contribution in [1.82, 2.24) is 0 Å². The molecule has 0 aliphatic carbocycles. The van der Waals surface area contributed by atoms with E-state index in [2.05, 4.69) is 27.7 Å². The SMILES string of the molecule is CC(C)CC(c1ccc(S(=O)(=O)OCCOC(=O)C(C)C)cc1)C(C)C. The van der Waals surface area contributed by atoms with E-state index in [9.17, 15) is 13.2 Å². The fourth-order valence-electron chi connectivity index (χ4n) is 2.70. The molecule has 0 N–H and O–H groups in total. The Morgan fingerprint density at radius 3 is 2.00 bits per heavy atom. The summed E-state index contributed by atoms with van der Waals surface area (Å²) in [5.41, 5.74) is 1.14. The second kappa shape index (κ2) is 10.1. The molecule has 6 heteroatoms. The molecule has 0 spiro atoms. The first-order chi connectivity index (χ1) is 12.0. The van der Waals surface area contributed by atoms with Crippen LogP contribution in [-0.2, 0) is 23.8 Å². The molecule has 0 bridgehead atoms. The number of carbonyl (C=O) groups is 1. The minimum Gasteiger partial charge on any atom is -0.463 e. The lowest BCUT2D eigenvalue weighted by molar-refractivity contribution is -0.148. The summed E-state index contributed by atoms with van der Waals surface area (Å²) in [7, 11) is -3.86. The van der Waals surface area contributed by atoms with Gasteiger partial charge in [-0.15, -0.1) is 0 Å². The van der Waals surface area contributed by atoms with Crippen molar-refractivity contribution in [3.8, 4) is 0 Å². The van der Waals surface area contributed by atoms with Crippen molar-refractivity contribution in [1.29, 1.82) is 0 Å². The predicted octanol–water partition coefficient (Wildman–Crippen LogP) is 4.38. The van der Waals surface area contributed by atoms with Gasteiger partial charge in [0, 0.05) is 0 Å². The zero-order chi connectivity index (χ0) is 19.9. The zero-order valence-electron chi connectivity index (χ0n) is 16.7. The van der Waals surface area contributed by atoms with Crippen LogP contribution in [0.5, 0.6) is 0 Å². The molecular weight excluding hydrogens is 352 g/mol. The van der Waals surface area contributed by atoms with Crippen LogP contribution in [0.1, 0.15) is 59.4 Å². The second-order valence-corrected chi connectivity index (χ2v) is 9.26. The molecule has 0 aliphatic heterocycles. The van der Waals surface area contributed by atoms with Gasteiger partial charge in [-0.3, -0.25) is 8.98 Å². The Bertz CT molecular complexity index is 660. The number of esters is 1. The van der Waals surface area contributed by atoms with Gasteiger partial charge in [-0.2, -0.15) is 8.42 Å². The molecule has 1 aromatic rings. The molecule has 0 saturated heterocycles. The van der Waals surface area contributed by atoms with E-state index < -0.39 is 10.1 Å². The maximum Gasteiger partial charge on any atom is 0.308 e. The van der Waals surface area contributed by atoms with Gasteiger partial charge in [-0.05, 0) is 41.9 Å². The van der Waals surface area contributed by atoms with E-state index in [1.54, 1.807) is 26.0 Å². The van der Waals surface area contributed by atoms with Gasteiger partial charge in [0.1, 0.15) is 13.2 Å². The first-order valence-corrected chi connectivity index (χ1v) is 10.6. The first kappa shape index (κ1) is 22.6. The molecule has 0 heterocycles. The van der Waals surface area contributed by atoms with E-state index in [0.29, 0.717) is 17.8 Å². The van der Waals surface area contributed by atoms with Crippen LogP contribution >= 0.6 is 0 Å². The van der Waals surface area contributed by atoms with Crippen molar-refractivity contribution >= 4 is 16.1 Å². The van der Waals surface area contributed by atoms with Crippen LogP contribution in [-0.4, -0.2) is 27.6 Å². The van der Waals surface area contributed by atoms with Gasteiger partial charge in [0.05, 0.1) is 10.8 Å². The Kier molecular flexibility index (Phi) is 8.77. The molecule has 0 fully saturated rings. The molecule has 0 radical (unpaired) electrons. The Morgan fingerprint density at radius 1 is 0.962 bits per heavy atom. The van der Waals surface area contributed by atoms with E-state index in [1.807, 2.05) is 12.1 Å². The molecule has 26 heavy (non-hydrogen) atoms. The Balaban J connectivity index is 2.72.